The van der Waals surface area contributed by atoms with E-state index < -0.39 is 6.10 Å². The molecule has 1 N–H and O–H groups in total. The normalized spacial score (nSPS) is 12.5. The minimum absolute atomic E-state index is 0.525. The van der Waals surface area contributed by atoms with Crippen LogP contribution in [-0.4, -0.2) is 15.1 Å². The number of nitrogens with zero attached hydrogens (tertiary/aromatic N) is 2. The lowest BCUT2D eigenvalue weighted by Crippen LogP contribution is -1.95. The van der Waals surface area contributed by atoms with Crippen molar-refractivity contribution in [3.05, 3.63) is 36.9 Å². The van der Waals surface area contributed by atoms with Gasteiger partial charge in [-0.05, 0) is 0 Å². The fourth-order valence-electron chi connectivity index (χ4n) is 0.584. The summed E-state index contributed by atoms with van der Waals surface area (Å²) in [6.45, 7) is 3.42. The number of hydrogen-bond acceptors (Lipinski definition) is 3. The molecule has 1 aromatic heterocycles. The molecule has 0 saturated carbocycles. The molecule has 1 aromatic rings. The molecule has 0 radical (unpaired) electrons. The van der Waals surface area contributed by atoms with Gasteiger partial charge >= 0.3 is 0 Å². The van der Waals surface area contributed by atoms with Crippen LogP contribution in [0.3, 0.4) is 0 Å². The summed E-state index contributed by atoms with van der Waals surface area (Å²) in [4.78, 5) is 7.65. The highest BCUT2D eigenvalue weighted by Crippen LogP contribution is 2.06. The maximum atomic E-state index is 9.11. The van der Waals surface area contributed by atoms with Gasteiger partial charge in [0, 0.05) is 12.4 Å². The van der Waals surface area contributed by atoms with E-state index in [0.29, 0.717) is 5.69 Å². The number of aliphatic hydroxyl groups excluding tert-OH is 1. The Bertz CT molecular complexity index is 210. The summed E-state index contributed by atoms with van der Waals surface area (Å²) >= 11 is 0. The van der Waals surface area contributed by atoms with Gasteiger partial charge in [-0.1, -0.05) is 6.08 Å². The average molecular weight is 136 g/mol. The van der Waals surface area contributed by atoms with Crippen molar-refractivity contribution in [1.29, 1.82) is 0 Å². The molecule has 0 bridgehead atoms. The zero-order valence-electron chi connectivity index (χ0n) is 5.44. The van der Waals surface area contributed by atoms with Crippen molar-refractivity contribution in [3.63, 3.8) is 0 Å². The smallest absolute Gasteiger partial charge is 0.115 e. The van der Waals surface area contributed by atoms with Crippen molar-refractivity contribution in [2.45, 2.75) is 6.10 Å². The van der Waals surface area contributed by atoms with Crippen molar-refractivity contribution < 1.29 is 5.11 Å². The van der Waals surface area contributed by atoms with E-state index in [2.05, 4.69) is 16.5 Å². The predicted molar refractivity (Wildman–Crippen MR) is 37.2 cm³/mol. The van der Waals surface area contributed by atoms with Crippen molar-refractivity contribution in [3.8, 4) is 0 Å². The summed E-state index contributed by atoms with van der Waals surface area (Å²) in [6.07, 6.45) is 5.30. The minimum Gasteiger partial charge on any atom is -0.383 e. The number of aromatic nitrogens is 2. The fraction of sp³-hybridized carbons (Fsp3) is 0.143. The Balaban J connectivity index is 2.84. The summed E-state index contributed by atoms with van der Waals surface area (Å²) in [6, 6.07) is 0. The zero-order chi connectivity index (χ0) is 7.40. The number of hydrogen-bond donors (Lipinski definition) is 1. The Hall–Kier alpha value is -1.22. The second kappa shape index (κ2) is 3.08. The first-order valence-corrected chi connectivity index (χ1v) is 2.91. The van der Waals surface area contributed by atoms with E-state index >= 15 is 0 Å². The third-order valence-electron chi connectivity index (χ3n) is 1.11. The second-order valence-electron chi connectivity index (χ2n) is 1.81. The van der Waals surface area contributed by atoms with E-state index in [0.717, 1.165) is 0 Å². The molecule has 0 aromatic carbocycles. The molecule has 3 nitrogen and oxygen atoms in total. The van der Waals surface area contributed by atoms with Crippen LogP contribution in [0.1, 0.15) is 11.8 Å². The Morgan fingerprint density at radius 1 is 1.60 bits per heavy atom. The summed E-state index contributed by atoms with van der Waals surface area (Å²) in [5, 5.41) is 9.11. The van der Waals surface area contributed by atoms with Crippen LogP contribution in [0.4, 0.5) is 0 Å². The fourth-order valence-corrected chi connectivity index (χ4v) is 0.584. The SMILES string of the molecule is C=CC(O)c1cnccn1. The summed E-state index contributed by atoms with van der Waals surface area (Å²) in [5.41, 5.74) is 0.525. The quantitative estimate of drug-likeness (QED) is 0.608. The van der Waals surface area contributed by atoms with Gasteiger partial charge in [-0.3, -0.25) is 9.97 Å². The van der Waals surface area contributed by atoms with Gasteiger partial charge in [-0.25, -0.2) is 0 Å². The Morgan fingerprint density at radius 2 is 2.40 bits per heavy atom. The highest BCUT2D eigenvalue weighted by atomic mass is 16.3. The van der Waals surface area contributed by atoms with E-state index in [1.807, 2.05) is 0 Å². The number of aliphatic hydroxyl groups is 1. The van der Waals surface area contributed by atoms with Gasteiger partial charge in [0.1, 0.15) is 6.10 Å². The molecule has 52 valence electrons. The lowest BCUT2D eigenvalue weighted by atomic mass is 10.3. The Kier molecular flexibility index (Phi) is 2.12. The molecule has 1 atom stereocenters. The minimum atomic E-state index is -0.700. The van der Waals surface area contributed by atoms with Gasteiger partial charge in [0.25, 0.3) is 0 Å². The molecule has 0 saturated heterocycles. The van der Waals surface area contributed by atoms with Crippen LogP contribution in [0, 0.1) is 0 Å². The topological polar surface area (TPSA) is 46.0 Å². The van der Waals surface area contributed by atoms with Crippen LogP contribution in [0.2, 0.25) is 0 Å². The molecule has 0 amide bonds. The highest BCUT2D eigenvalue weighted by Gasteiger charge is 2.01. The van der Waals surface area contributed by atoms with Gasteiger partial charge in [0.2, 0.25) is 0 Å². The molecule has 1 unspecified atom stereocenters. The molecule has 1 rings (SSSR count). The maximum Gasteiger partial charge on any atom is 0.115 e. The molecule has 1 heterocycles. The van der Waals surface area contributed by atoms with Crippen LogP contribution in [-0.2, 0) is 0 Å². The van der Waals surface area contributed by atoms with Crippen LogP contribution >= 0.6 is 0 Å². The molecular formula is C7H8N2O. The van der Waals surface area contributed by atoms with Crippen molar-refractivity contribution >= 4 is 0 Å². The van der Waals surface area contributed by atoms with Crippen LogP contribution in [0.15, 0.2) is 31.2 Å². The van der Waals surface area contributed by atoms with Gasteiger partial charge < -0.3 is 5.11 Å². The van der Waals surface area contributed by atoms with Crippen LogP contribution in [0.5, 0.6) is 0 Å². The number of rotatable bonds is 2. The van der Waals surface area contributed by atoms with Gasteiger partial charge in [-0.2, -0.15) is 0 Å². The second-order valence-corrected chi connectivity index (χ2v) is 1.81. The first-order chi connectivity index (χ1) is 4.84. The van der Waals surface area contributed by atoms with Gasteiger partial charge in [0.15, 0.2) is 0 Å². The maximum absolute atomic E-state index is 9.11. The summed E-state index contributed by atoms with van der Waals surface area (Å²) in [7, 11) is 0. The van der Waals surface area contributed by atoms with Crippen LogP contribution < -0.4 is 0 Å². The van der Waals surface area contributed by atoms with E-state index in [-0.39, 0.29) is 0 Å². The highest BCUT2D eigenvalue weighted by molar-refractivity contribution is 5.04. The third-order valence-corrected chi connectivity index (χ3v) is 1.11. The van der Waals surface area contributed by atoms with Crippen molar-refractivity contribution in [1.82, 2.24) is 9.97 Å². The first kappa shape index (κ1) is 6.89. The monoisotopic (exact) mass is 136 g/mol. The molecule has 0 aliphatic heterocycles. The molecule has 0 aliphatic rings. The lowest BCUT2D eigenvalue weighted by molar-refractivity contribution is 0.223. The molecule has 3 heteroatoms. The molecule has 0 spiro atoms. The average Bonchev–Trinajstić information content (AvgIpc) is 2.05. The van der Waals surface area contributed by atoms with E-state index in [4.69, 9.17) is 5.11 Å². The van der Waals surface area contributed by atoms with E-state index in [1.54, 1.807) is 6.20 Å². The zero-order valence-corrected chi connectivity index (χ0v) is 5.44. The lowest BCUT2D eigenvalue weighted by Gasteiger charge is -2.00. The van der Waals surface area contributed by atoms with Gasteiger partial charge in [0.05, 0.1) is 11.9 Å². The van der Waals surface area contributed by atoms with Crippen molar-refractivity contribution in [2.75, 3.05) is 0 Å². The van der Waals surface area contributed by atoms with Crippen LogP contribution in [0.25, 0.3) is 0 Å². The molecule has 0 aliphatic carbocycles. The van der Waals surface area contributed by atoms with E-state index in [1.165, 1.54) is 18.5 Å². The Morgan fingerprint density at radius 3 is 2.90 bits per heavy atom. The van der Waals surface area contributed by atoms with E-state index in [9.17, 15) is 0 Å². The third kappa shape index (κ3) is 1.39. The molecule has 0 fully saturated rings. The summed E-state index contributed by atoms with van der Waals surface area (Å²) < 4.78 is 0. The molecule has 10 heavy (non-hydrogen) atoms. The summed E-state index contributed by atoms with van der Waals surface area (Å²) in [5.74, 6) is 0. The van der Waals surface area contributed by atoms with Crippen molar-refractivity contribution in [2.24, 2.45) is 0 Å². The van der Waals surface area contributed by atoms with Gasteiger partial charge in [-0.15, -0.1) is 6.58 Å². The predicted octanol–water partition coefficient (Wildman–Crippen LogP) is 0.696. The standard InChI is InChI=1S/C7H8N2O/c1-2-7(10)6-5-8-3-4-9-6/h2-5,7,10H,1H2. The first-order valence-electron chi connectivity index (χ1n) is 2.91. The largest absolute Gasteiger partial charge is 0.383 e. The molecular weight excluding hydrogens is 128 g/mol. The Labute approximate surface area is 59.1 Å².